The van der Waals surface area contributed by atoms with Crippen molar-refractivity contribution in [2.75, 3.05) is 13.6 Å². The van der Waals surface area contributed by atoms with Crippen LogP contribution in [0.2, 0.25) is 0 Å². The van der Waals surface area contributed by atoms with Gasteiger partial charge in [-0.05, 0) is 30.8 Å². The van der Waals surface area contributed by atoms with E-state index in [1.807, 2.05) is 0 Å². The quantitative estimate of drug-likeness (QED) is 0.693. The van der Waals surface area contributed by atoms with Gasteiger partial charge >= 0.3 is 0 Å². The van der Waals surface area contributed by atoms with Gasteiger partial charge in [-0.15, -0.1) is 0 Å². The average Bonchev–Trinajstić information content (AvgIpc) is 2.03. The highest BCUT2D eigenvalue weighted by Crippen LogP contribution is 2.34. The molecule has 0 amide bonds. The van der Waals surface area contributed by atoms with Gasteiger partial charge < -0.3 is 5.32 Å². The molecule has 0 aliphatic heterocycles. The minimum Gasteiger partial charge on any atom is -0.319 e. The van der Waals surface area contributed by atoms with Crippen LogP contribution in [-0.4, -0.2) is 13.6 Å². The summed E-state index contributed by atoms with van der Waals surface area (Å²) in [5.74, 6) is 1.67. The Hall–Kier alpha value is -0.0400. The molecule has 1 N–H and O–H groups in total. The van der Waals surface area contributed by atoms with Crippen molar-refractivity contribution >= 4 is 0 Å². The first-order valence-corrected chi connectivity index (χ1v) is 5.61. The van der Waals surface area contributed by atoms with Gasteiger partial charge in [0, 0.05) is 0 Å². The van der Waals surface area contributed by atoms with Gasteiger partial charge in [0.05, 0.1) is 0 Å². The Balaban J connectivity index is 4.38. The minimum absolute atomic E-state index is 0.430. The summed E-state index contributed by atoms with van der Waals surface area (Å²) in [7, 11) is 2.06. The van der Waals surface area contributed by atoms with Crippen LogP contribution in [0, 0.1) is 17.3 Å². The molecule has 0 aromatic heterocycles. The lowest BCUT2D eigenvalue weighted by Crippen LogP contribution is -2.35. The molecule has 1 heteroatoms. The Morgan fingerprint density at radius 2 is 1.54 bits per heavy atom. The number of rotatable bonds is 5. The fourth-order valence-corrected chi connectivity index (χ4v) is 2.26. The first-order valence-electron chi connectivity index (χ1n) is 5.61. The normalized spacial score (nSPS) is 15.0. The molecule has 0 radical (unpaired) electrons. The second kappa shape index (κ2) is 5.64. The molecule has 0 fully saturated rings. The highest BCUT2D eigenvalue weighted by atomic mass is 14.8. The maximum atomic E-state index is 3.32. The predicted octanol–water partition coefficient (Wildman–Crippen LogP) is 3.30. The first kappa shape index (κ1) is 13.0. The van der Waals surface area contributed by atoms with E-state index >= 15 is 0 Å². The van der Waals surface area contributed by atoms with Gasteiger partial charge in [0.1, 0.15) is 0 Å². The van der Waals surface area contributed by atoms with Crippen LogP contribution in [0.3, 0.4) is 0 Å². The number of hydrogen-bond acceptors (Lipinski definition) is 1. The topological polar surface area (TPSA) is 12.0 Å². The van der Waals surface area contributed by atoms with E-state index < -0.39 is 0 Å². The summed E-state index contributed by atoms with van der Waals surface area (Å²) >= 11 is 0. The van der Waals surface area contributed by atoms with E-state index in [9.17, 15) is 0 Å². The summed E-state index contributed by atoms with van der Waals surface area (Å²) in [5.41, 5.74) is 0.430. The summed E-state index contributed by atoms with van der Waals surface area (Å²) in [4.78, 5) is 0. The fraction of sp³-hybridized carbons (Fsp3) is 1.00. The van der Waals surface area contributed by atoms with Gasteiger partial charge in [-0.2, -0.15) is 0 Å². The summed E-state index contributed by atoms with van der Waals surface area (Å²) in [6.45, 7) is 12.8. The second-order valence-electron chi connectivity index (χ2n) is 5.11. The van der Waals surface area contributed by atoms with Gasteiger partial charge in [-0.3, -0.25) is 0 Å². The third kappa shape index (κ3) is 4.12. The smallest absolute Gasteiger partial charge is 0.00159 e. The molecule has 0 aromatic rings. The monoisotopic (exact) mass is 185 g/mol. The van der Waals surface area contributed by atoms with E-state index in [-0.39, 0.29) is 0 Å². The lowest BCUT2D eigenvalue weighted by molar-refractivity contribution is 0.148. The average molecular weight is 185 g/mol. The van der Waals surface area contributed by atoms with E-state index in [4.69, 9.17) is 0 Å². The lowest BCUT2D eigenvalue weighted by atomic mass is 9.71. The van der Waals surface area contributed by atoms with E-state index in [0.29, 0.717) is 5.41 Å². The van der Waals surface area contributed by atoms with Crippen molar-refractivity contribution in [2.45, 2.75) is 47.5 Å². The predicted molar refractivity (Wildman–Crippen MR) is 60.9 cm³/mol. The summed E-state index contributed by atoms with van der Waals surface area (Å²) < 4.78 is 0. The van der Waals surface area contributed by atoms with Crippen molar-refractivity contribution in [3.05, 3.63) is 0 Å². The Labute approximate surface area is 84.3 Å². The van der Waals surface area contributed by atoms with E-state index in [1.54, 1.807) is 0 Å². The van der Waals surface area contributed by atoms with Crippen molar-refractivity contribution < 1.29 is 0 Å². The third-order valence-electron chi connectivity index (χ3n) is 3.15. The highest BCUT2D eigenvalue weighted by molar-refractivity contribution is 4.80. The van der Waals surface area contributed by atoms with Crippen LogP contribution in [0.1, 0.15) is 47.5 Å². The summed E-state index contributed by atoms with van der Waals surface area (Å²) in [6.07, 6.45) is 2.61. The molecule has 1 atom stereocenters. The Bertz CT molecular complexity index is 120. The van der Waals surface area contributed by atoms with Gasteiger partial charge in [-0.25, -0.2) is 0 Å². The molecule has 0 saturated heterocycles. The third-order valence-corrected chi connectivity index (χ3v) is 3.15. The Kier molecular flexibility index (Phi) is 5.62. The van der Waals surface area contributed by atoms with Gasteiger partial charge in [0.2, 0.25) is 0 Å². The molecule has 0 aliphatic rings. The van der Waals surface area contributed by atoms with Crippen molar-refractivity contribution in [2.24, 2.45) is 17.3 Å². The molecule has 0 rings (SSSR count). The maximum absolute atomic E-state index is 3.32. The molecular weight excluding hydrogens is 158 g/mol. The number of hydrogen-bond donors (Lipinski definition) is 1. The molecule has 1 unspecified atom stereocenters. The van der Waals surface area contributed by atoms with Gasteiger partial charge in [0.15, 0.2) is 0 Å². The molecule has 0 aliphatic carbocycles. The molecular formula is C12H27N. The molecule has 0 spiro atoms. The van der Waals surface area contributed by atoms with Crippen LogP contribution in [-0.2, 0) is 0 Å². The second-order valence-corrected chi connectivity index (χ2v) is 5.11. The van der Waals surface area contributed by atoms with Crippen molar-refractivity contribution in [3.8, 4) is 0 Å². The van der Waals surface area contributed by atoms with Crippen LogP contribution in [0.5, 0.6) is 0 Å². The van der Waals surface area contributed by atoms with Gasteiger partial charge in [-0.1, -0.05) is 47.5 Å². The molecule has 0 aromatic carbocycles. The van der Waals surface area contributed by atoms with Crippen LogP contribution in [0.15, 0.2) is 0 Å². The van der Waals surface area contributed by atoms with Crippen molar-refractivity contribution in [3.63, 3.8) is 0 Å². The zero-order valence-corrected chi connectivity index (χ0v) is 10.3. The Morgan fingerprint density at radius 1 is 1.08 bits per heavy atom. The molecule has 80 valence electrons. The van der Waals surface area contributed by atoms with Crippen molar-refractivity contribution in [1.29, 1.82) is 0 Å². The molecule has 0 saturated carbocycles. The SMILES string of the molecule is CCC(CC)C(CNC)C(C)(C)C. The molecule has 1 nitrogen and oxygen atoms in total. The van der Waals surface area contributed by atoms with Crippen LogP contribution in [0.4, 0.5) is 0 Å². The first-order chi connectivity index (χ1) is 5.97. The zero-order chi connectivity index (χ0) is 10.5. The fourth-order valence-electron chi connectivity index (χ4n) is 2.26. The summed E-state index contributed by atoms with van der Waals surface area (Å²) in [6, 6.07) is 0. The molecule has 0 heterocycles. The zero-order valence-electron chi connectivity index (χ0n) is 10.3. The Morgan fingerprint density at radius 3 is 1.77 bits per heavy atom. The van der Waals surface area contributed by atoms with E-state index in [1.165, 1.54) is 12.8 Å². The lowest BCUT2D eigenvalue weighted by Gasteiger charge is -2.36. The maximum Gasteiger partial charge on any atom is -0.00159 e. The highest BCUT2D eigenvalue weighted by Gasteiger charge is 2.29. The molecule has 13 heavy (non-hydrogen) atoms. The van der Waals surface area contributed by atoms with E-state index in [2.05, 4.69) is 47.0 Å². The standard InChI is InChI=1S/C12H27N/c1-7-10(8-2)11(9-13-6)12(3,4)5/h10-11,13H,7-9H2,1-6H3. The number of nitrogens with one attached hydrogen (secondary N) is 1. The van der Waals surface area contributed by atoms with Crippen LogP contribution >= 0.6 is 0 Å². The van der Waals surface area contributed by atoms with Gasteiger partial charge in [0.25, 0.3) is 0 Å². The summed E-state index contributed by atoms with van der Waals surface area (Å²) in [5, 5.41) is 3.32. The largest absolute Gasteiger partial charge is 0.319 e. The van der Waals surface area contributed by atoms with Crippen molar-refractivity contribution in [1.82, 2.24) is 5.32 Å². The van der Waals surface area contributed by atoms with Crippen LogP contribution in [0.25, 0.3) is 0 Å². The molecule has 0 bridgehead atoms. The van der Waals surface area contributed by atoms with Crippen LogP contribution < -0.4 is 5.32 Å². The minimum atomic E-state index is 0.430. The van der Waals surface area contributed by atoms with E-state index in [0.717, 1.165) is 18.4 Å².